The summed E-state index contributed by atoms with van der Waals surface area (Å²) < 4.78 is 15.8. The van der Waals surface area contributed by atoms with E-state index >= 15 is 0 Å². The largest absolute Gasteiger partial charge is 0.497 e. The second-order valence-electron chi connectivity index (χ2n) is 8.01. The SMILES string of the molecule is COc1ccc(CN2CCc3nc(SCC(=O)Nc4ccc5c(c4)OCO5)[nH]c(=O)c3C2)cc1. The normalized spacial score (nSPS) is 14.5. The number of thioether (sulfide) groups is 1. The lowest BCUT2D eigenvalue weighted by atomic mass is 10.1. The van der Waals surface area contributed by atoms with Crippen LogP contribution < -0.4 is 25.1 Å². The summed E-state index contributed by atoms with van der Waals surface area (Å²) in [5, 5.41) is 3.28. The van der Waals surface area contributed by atoms with Gasteiger partial charge in [0.25, 0.3) is 5.56 Å². The number of hydrogen-bond donors (Lipinski definition) is 2. The molecule has 0 saturated carbocycles. The Morgan fingerprint density at radius 3 is 2.85 bits per heavy atom. The Kier molecular flexibility index (Phi) is 6.41. The van der Waals surface area contributed by atoms with Crippen LogP contribution in [0.3, 0.4) is 0 Å². The first-order chi connectivity index (χ1) is 16.6. The average molecular weight is 481 g/mol. The van der Waals surface area contributed by atoms with Crippen LogP contribution in [-0.4, -0.2) is 47.0 Å². The van der Waals surface area contributed by atoms with Gasteiger partial charge in [-0.25, -0.2) is 4.98 Å². The molecule has 34 heavy (non-hydrogen) atoms. The number of methoxy groups -OCH3 is 1. The molecule has 0 fully saturated rings. The number of hydrogen-bond acceptors (Lipinski definition) is 8. The Morgan fingerprint density at radius 2 is 2.03 bits per heavy atom. The highest BCUT2D eigenvalue weighted by Crippen LogP contribution is 2.34. The molecular formula is C24H24N4O5S. The molecule has 1 aromatic heterocycles. The van der Waals surface area contributed by atoms with Gasteiger partial charge in [-0.05, 0) is 29.8 Å². The molecule has 0 bridgehead atoms. The zero-order valence-electron chi connectivity index (χ0n) is 18.6. The summed E-state index contributed by atoms with van der Waals surface area (Å²) in [6.07, 6.45) is 0.687. The fourth-order valence-corrected chi connectivity index (χ4v) is 4.64. The first kappa shape index (κ1) is 22.3. The molecule has 2 aromatic carbocycles. The molecule has 0 radical (unpaired) electrons. The van der Waals surface area contributed by atoms with Crippen molar-refractivity contribution < 1.29 is 19.0 Å². The maximum atomic E-state index is 12.7. The number of rotatable bonds is 7. The van der Waals surface area contributed by atoms with Gasteiger partial charge in [0.1, 0.15) is 5.75 Å². The topological polar surface area (TPSA) is 106 Å². The van der Waals surface area contributed by atoms with Crippen LogP contribution in [-0.2, 0) is 24.3 Å². The molecule has 2 aliphatic rings. The molecule has 0 aliphatic carbocycles. The maximum Gasteiger partial charge on any atom is 0.256 e. The van der Waals surface area contributed by atoms with Gasteiger partial charge < -0.3 is 24.5 Å². The Morgan fingerprint density at radius 1 is 1.21 bits per heavy atom. The number of nitrogens with zero attached hydrogens (tertiary/aromatic N) is 2. The number of nitrogens with one attached hydrogen (secondary N) is 2. The van der Waals surface area contributed by atoms with Gasteiger partial charge in [-0.2, -0.15) is 0 Å². The summed E-state index contributed by atoms with van der Waals surface area (Å²) in [4.78, 5) is 34.8. The number of fused-ring (bicyclic) bond motifs is 2. The van der Waals surface area contributed by atoms with Gasteiger partial charge in [-0.1, -0.05) is 23.9 Å². The van der Waals surface area contributed by atoms with Crippen LogP contribution in [0.2, 0.25) is 0 Å². The quantitative estimate of drug-likeness (QED) is 0.393. The minimum Gasteiger partial charge on any atom is -0.497 e. The van der Waals surface area contributed by atoms with E-state index in [9.17, 15) is 9.59 Å². The molecule has 0 spiro atoms. The Balaban J connectivity index is 1.18. The van der Waals surface area contributed by atoms with Gasteiger partial charge in [-0.15, -0.1) is 0 Å². The molecule has 3 heterocycles. The lowest BCUT2D eigenvalue weighted by molar-refractivity contribution is -0.113. The average Bonchev–Trinajstić information content (AvgIpc) is 3.32. The first-order valence-corrected chi connectivity index (χ1v) is 11.9. The van der Waals surface area contributed by atoms with E-state index in [0.29, 0.717) is 40.9 Å². The van der Waals surface area contributed by atoms with E-state index in [1.165, 1.54) is 11.8 Å². The third-order valence-corrected chi connectivity index (χ3v) is 6.56. The van der Waals surface area contributed by atoms with Crippen molar-refractivity contribution in [3.63, 3.8) is 0 Å². The third-order valence-electron chi connectivity index (χ3n) is 5.69. The number of carbonyl (C=O) groups excluding carboxylic acids is 1. The molecular weight excluding hydrogens is 456 g/mol. The Hall–Kier alpha value is -3.50. The summed E-state index contributed by atoms with van der Waals surface area (Å²) in [5.41, 5.74) is 3.12. The summed E-state index contributed by atoms with van der Waals surface area (Å²) in [7, 11) is 1.65. The summed E-state index contributed by atoms with van der Waals surface area (Å²) in [6, 6.07) is 13.2. The molecule has 0 saturated heterocycles. The fourth-order valence-electron chi connectivity index (χ4n) is 3.96. The van der Waals surface area contributed by atoms with Crippen LogP contribution in [0.4, 0.5) is 5.69 Å². The number of aromatic amines is 1. The number of H-pyrrole nitrogens is 1. The predicted octanol–water partition coefficient (Wildman–Crippen LogP) is 2.80. The minimum absolute atomic E-state index is 0.125. The first-order valence-electron chi connectivity index (χ1n) is 10.9. The summed E-state index contributed by atoms with van der Waals surface area (Å²) in [6.45, 7) is 2.28. The van der Waals surface area contributed by atoms with Crippen molar-refractivity contribution in [3.8, 4) is 17.2 Å². The van der Waals surface area contributed by atoms with Crippen LogP contribution in [0.5, 0.6) is 17.2 Å². The number of carbonyl (C=O) groups is 1. The van der Waals surface area contributed by atoms with Gasteiger partial charge in [0.15, 0.2) is 16.7 Å². The number of aromatic nitrogens is 2. The highest BCUT2D eigenvalue weighted by molar-refractivity contribution is 7.99. The molecule has 2 N–H and O–H groups in total. The number of ether oxygens (including phenoxy) is 3. The van der Waals surface area contributed by atoms with Crippen molar-refractivity contribution in [1.82, 2.24) is 14.9 Å². The van der Waals surface area contributed by atoms with Gasteiger partial charge in [-0.3, -0.25) is 14.5 Å². The number of benzene rings is 2. The van der Waals surface area contributed by atoms with E-state index in [2.05, 4.69) is 20.2 Å². The molecule has 5 rings (SSSR count). The van der Waals surface area contributed by atoms with Crippen LogP contribution in [0.15, 0.2) is 52.4 Å². The second kappa shape index (κ2) is 9.78. The van der Waals surface area contributed by atoms with Gasteiger partial charge in [0.05, 0.1) is 24.1 Å². The van der Waals surface area contributed by atoms with E-state index < -0.39 is 0 Å². The zero-order chi connectivity index (χ0) is 23.5. The molecule has 1 amide bonds. The van der Waals surface area contributed by atoms with Crippen molar-refractivity contribution >= 4 is 23.4 Å². The van der Waals surface area contributed by atoms with E-state index in [-0.39, 0.29) is 24.0 Å². The molecule has 9 nitrogen and oxygen atoms in total. The summed E-state index contributed by atoms with van der Waals surface area (Å²) >= 11 is 1.21. The molecule has 176 valence electrons. The zero-order valence-corrected chi connectivity index (χ0v) is 19.4. The van der Waals surface area contributed by atoms with Gasteiger partial charge in [0, 0.05) is 37.8 Å². The van der Waals surface area contributed by atoms with Crippen LogP contribution in [0.1, 0.15) is 16.8 Å². The maximum absolute atomic E-state index is 12.7. The van der Waals surface area contributed by atoms with Crippen molar-refractivity contribution in [3.05, 3.63) is 69.6 Å². The second-order valence-corrected chi connectivity index (χ2v) is 8.97. The van der Waals surface area contributed by atoms with Crippen molar-refractivity contribution in [2.45, 2.75) is 24.7 Å². The smallest absolute Gasteiger partial charge is 0.256 e. The van der Waals surface area contributed by atoms with Crippen molar-refractivity contribution in [2.24, 2.45) is 0 Å². The van der Waals surface area contributed by atoms with E-state index in [0.717, 1.165) is 30.1 Å². The van der Waals surface area contributed by atoms with Crippen molar-refractivity contribution in [1.29, 1.82) is 0 Å². The van der Waals surface area contributed by atoms with Crippen LogP contribution >= 0.6 is 11.8 Å². The molecule has 0 unspecified atom stereocenters. The fraction of sp³-hybridized carbons (Fsp3) is 0.292. The Labute approximate surface area is 200 Å². The molecule has 3 aromatic rings. The summed E-state index contributed by atoms with van der Waals surface area (Å²) in [5.74, 6) is 2.01. The molecule has 0 atom stereocenters. The monoisotopic (exact) mass is 480 g/mol. The number of amides is 1. The van der Waals surface area contributed by atoms with Crippen LogP contribution in [0.25, 0.3) is 0 Å². The van der Waals surface area contributed by atoms with Gasteiger partial charge in [0.2, 0.25) is 12.7 Å². The third kappa shape index (κ3) is 5.02. The Bertz CT molecular complexity index is 1260. The standard InChI is InChI=1S/C24H24N4O5S/c1-31-17-5-2-15(3-6-17)11-28-9-8-19-18(12-28)23(30)27-24(26-19)34-13-22(29)25-16-4-7-20-21(10-16)33-14-32-20/h2-7,10H,8-9,11-14H2,1H3,(H,25,29)(H,26,27,30). The number of anilines is 1. The molecule has 2 aliphatic heterocycles. The predicted molar refractivity (Wildman–Crippen MR) is 128 cm³/mol. The van der Waals surface area contributed by atoms with Crippen molar-refractivity contribution in [2.75, 3.05) is 31.5 Å². The van der Waals surface area contributed by atoms with E-state index in [1.54, 1.807) is 25.3 Å². The van der Waals surface area contributed by atoms with Crippen LogP contribution in [0, 0.1) is 0 Å². The lowest BCUT2D eigenvalue weighted by Gasteiger charge is -2.27. The highest BCUT2D eigenvalue weighted by Gasteiger charge is 2.22. The highest BCUT2D eigenvalue weighted by atomic mass is 32.2. The van der Waals surface area contributed by atoms with E-state index in [1.807, 2.05) is 24.3 Å². The lowest BCUT2D eigenvalue weighted by Crippen LogP contribution is -2.35. The van der Waals surface area contributed by atoms with Gasteiger partial charge >= 0.3 is 0 Å². The minimum atomic E-state index is -0.199. The van der Waals surface area contributed by atoms with E-state index in [4.69, 9.17) is 14.2 Å². The molecule has 10 heteroatoms.